The molecule has 8 aliphatic rings. The predicted octanol–water partition coefficient (Wildman–Crippen LogP) is 3.64. The number of ether oxygens (including phenoxy) is 2. The number of Topliss-reactive ketones (excluding diaryl/α,β-unsaturated/α-hetero) is 2. The number of rotatable bonds is 9. The Morgan fingerprint density at radius 2 is 0.986 bits per heavy atom. The van der Waals surface area contributed by atoms with Crippen LogP contribution in [0.2, 0.25) is 0 Å². The third kappa shape index (κ3) is 7.30. The monoisotopic (exact) mass is 1030 g/mol. The quantitative estimate of drug-likeness (QED) is 0.228. The molecule has 12 rings (SSSR count). The molecule has 24 heteroatoms. The Bertz CT molecular complexity index is 3240. The normalized spacial score (nSPS) is 30.7. The number of amidine groups is 2. The van der Waals surface area contributed by atoms with Gasteiger partial charge < -0.3 is 29.9 Å². The molecule has 0 saturated carbocycles. The molecule has 0 aromatic heterocycles. The lowest BCUT2D eigenvalue weighted by Crippen LogP contribution is -2.62. The van der Waals surface area contributed by atoms with Gasteiger partial charge in [0.1, 0.15) is 33.1 Å². The van der Waals surface area contributed by atoms with Gasteiger partial charge in [0.05, 0.1) is 77.3 Å². The average molecular weight is 1030 g/mol. The van der Waals surface area contributed by atoms with Crippen LogP contribution in [-0.4, -0.2) is 113 Å². The van der Waals surface area contributed by atoms with Crippen molar-refractivity contribution < 1.29 is 62.7 Å². The van der Waals surface area contributed by atoms with Crippen molar-refractivity contribution in [3.8, 4) is 0 Å². The molecular weight excluding hydrogens is 989 g/mol. The van der Waals surface area contributed by atoms with Gasteiger partial charge in [0.15, 0.2) is 23.4 Å². The van der Waals surface area contributed by atoms with Gasteiger partial charge in [-0.1, -0.05) is 24.3 Å². The summed E-state index contributed by atoms with van der Waals surface area (Å²) in [5.41, 5.74) is 0.357. The molecular formula is C47H41F2N7O12S3. The van der Waals surface area contributed by atoms with Crippen LogP contribution in [0.1, 0.15) is 36.8 Å². The number of carbonyl (C=O) groups excluding carboxylic acids is 4. The van der Waals surface area contributed by atoms with Crippen LogP contribution in [0, 0.1) is 35.3 Å². The van der Waals surface area contributed by atoms with E-state index < -0.39 is 147 Å². The van der Waals surface area contributed by atoms with Gasteiger partial charge in [-0.3, -0.25) is 19.2 Å². The molecule has 4 aromatic carbocycles. The van der Waals surface area contributed by atoms with Gasteiger partial charge >= 0.3 is 0 Å². The Balaban J connectivity index is 0.841. The number of nitrogens with one attached hydrogen (secondary N) is 2. The summed E-state index contributed by atoms with van der Waals surface area (Å²) in [6.45, 7) is -0.0248. The van der Waals surface area contributed by atoms with Crippen LogP contribution in [0.5, 0.6) is 0 Å². The van der Waals surface area contributed by atoms with Crippen LogP contribution in [0.25, 0.3) is 0 Å². The second-order valence-corrected chi connectivity index (χ2v) is 24.0. The van der Waals surface area contributed by atoms with Crippen molar-refractivity contribution >= 4 is 87.9 Å². The summed E-state index contributed by atoms with van der Waals surface area (Å²) in [6, 6.07) is 16.7. The number of sulfonamides is 3. The van der Waals surface area contributed by atoms with Crippen LogP contribution in [0.3, 0.4) is 0 Å². The SMILES string of the molecule is CS(=O)(=O)N(c1ccc2c(c1)S(=O)(=O)N=C(C1C(=O)C3C4CCC(O4)C3N(Cc3ccc(F)cc3)C1=O)N2)c1ccc2c(c1)S(=O)(=O)N=C(C1C(=O)C3C4CCC(O4)C3N(Cc3ccc(F)cc3)C1=O)N2. The molecule has 4 aromatic rings. The molecule has 0 spiro atoms. The van der Waals surface area contributed by atoms with Crippen molar-refractivity contribution in [2.45, 2.75) is 85.1 Å². The highest BCUT2D eigenvalue weighted by molar-refractivity contribution is 7.92. The van der Waals surface area contributed by atoms with Crippen LogP contribution >= 0.6 is 0 Å². The molecule has 0 radical (unpaired) electrons. The maximum absolute atomic E-state index is 14.4. The van der Waals surface area contributed by atoms with E-state index in [1.807, 2.05) is 0 Å². The van der Waals surface area contributed by atoms with Crippen molar-refractivity contribution in [1.82, 2.24) is 9.80 Å². The Hall–Kier alpha value is -6.47. The smallest absolute Gasteiger partial charge is 0.286 e. The fourth-order valence-electron chi connectivity index (χ4n) is 11.9. The first-order valence-electron chi connectivity index (χ1n) is 22.8. The number of anilines is 4. The van der Waals surface area contributed by atoms with Crippen LogP contribution < -0.4 is 14.9 Å². The first-order valence-corrected chi connectivity index (χ1v) is 27.5. The van der Waals surface area contributed by atoms with E-state index in [1.165, 1.54) is 82.6 Å². The molecule has 10 unspecified atom stereocenters. The molecule has 8 heterocycles. The Morgan fingerprint density at radius 3 is 1.37 bits per heavy atom. The third-order valence-electron chi connectivity index (χ3n) is 14.8. The lowest BCUT2D eigenvalue weighted by molar-refractivity contribution is -0.153. The maximum atomic E-state index is 14.4. The molecule has 4 bridgehead atoms. The van der Waals surface area contributed by atoms with E-state index >= 15 is 0 Å². The zero-order chi connectivity index (χ0) is 49.6. The predicted molar refractivity (Wildman–Crippen MR) is 248 cm³/mol. The summed E-state index contributed by atoms with van der Waals surface area (Å²) in [5.74, 6) is -9.38. The van der Waals surface area contributed by atoms with E-state index in [-0.39, 0.29) is 35.8 Å². The number of hydrogen-bond donors (Lipinski definition) is 2. The van der Waals surface area contributed by atoms with Crippen molar-refractivity contribution in [2.24, 2.45) is 32.5 Å². The second kappa shape index (κ2) is 16.0. The highest BCUT2D eigenvalue weighted by Gasteiger charge is 2.63. The molecule has 6 fully saturated rings. The Morgan fingerprint density at radius 1 is 0.606 bits per heavy atom. The highest BCUT2D eigenvalue weighted by Crippen LogP contribution is 2.49. The van der Waals surface area contributed by atoms with E-state index in [2.05, 4.69) is 19.4 Å². The first kappa shape index (κ1) is 45.7. The van der Waals surface area contributed by atoms with Gasteiger partial charge in [-0.15, -0.1) is 8.80 Å². The minimum Gasteiger partial charge on any atom is -0.372 e. The number of ketones is 2. The van der Waals surface area contributed by atoms with Gasteiger partial charge in [0.25, 0.3) is 20.0 Å². The largest absolute Gasteiger partial charge is 0.372 e. The summed E-state index contributed by atoms with van der Waals surface area (Å²) in [5, 5.41) is 5.68. The van der Waals surface area contributed by atoms with E-state index in [1.54, 1.807) is 0 Å². The fourth-order valence-corrected chi connectivity index (χ4v) is 15.2. The van der Waals surface area contributed by atoms with Gasteiger partial charge in [-0.05, 0) is 97.5 Å². The Kier molecular flexibility index (Phi) is 10.3. The summed E-state index contributed by atoms with van der Waals surface area (Å²) < 4.78 is 132. The van der Waals surface area contributed by atoms with E-state index in [4.69, 9.17) is 9.47 Å². The van der Waals surface area contributed by atoms with Gasteiger partial charge in [0.2, 0.25) is 21.8 Å². The summed E-state index contributed by atoms with van der Waals surface area (Å²) in [7, 11) is -13.9. The van der Waals surface area contributed by atoms with Crippen molar-refractivity contribution in [2.75, 3.05) is 21.2 Å². The van der Waals surface area contributed by atoms with E-state index in [9.17, 15) is 53.2 Å². The van der Waals surface area contributed by atoms with Crippen LogP contribution in [0.4, 0.5) is 31.5 Å². The fraction of sp³-hybridized carbons (Fsp3) is 0.362. The number of fused-ring (bicyclic) bond motifs is 12. The third-order valence-corrected chi connectivity index (χ3v) is 18.6. The molecule has 10 atom stereocenters. The number of benzene rings is 4. The van der Waals surface area contributed by atoms with Crippen molar-refractivity contribution in [3.63, 3.8) is 0 Å². The highest BCUT2D eigenvalue weighted by atomic mass is 32.2. The molecule has 2 N–H and O–H groups in total. The van der Waals surface area contributed by atoms with Gasteiger partial charge in [-0.2, -0.15) is 16.8 Å². The summed E-state index contributed by atoms with van der Waals surface area (Å²) in [4.78, 5) is 59.1. The number of carbonyl (C=O) groups is 4. The van der Waals surface area contributed by atoms with E-state index in [0.29, 0.717) is 41.1 Å². The molecule has 6 saturated heterocycles. The van der Waals surface area contributed by atoms with Gasteiger partial charge in [0, 0.05) is 13.1 Å². The minimum atomic E-state index is -4.77. The van der Waals surface area contributed by atoms with E-state index in [0.717, 1.165) is 18.4 Å². The summed E-state index contributed by atoms with van der Waals surface area (Å²) >= 11 is 0. The number of nitrogens with zero attached hydrogens (tertiary/aromatic N) is 5. The van der Waals surface area contributed by atoms with Crippen molar-refractivity contribution in [1.29, 1.82) is 0 Å². The lowest BCUT2D eigenvalue weighted by Gasteiger charge is -2.44. The average Bonchev–Trinajstić information content (AvgIpc) is 4.14. The number of amides is 2. The molecule has 368 valence electrons. The van der Waals surface area contributed by atoms with Crippen molar-refractivity contribution in [3.05, 3.63) is 108 Å². The minimum absolute atomic E-state index is 0.0124. The topological polar surface area (TPSA) is 248 Å². The first-order chi connectivity index (χ1) is 33.8. The standard InChI is InChI=1S/C47H41F2N7O12S3/c1-69(61,62)56(26-10-12-28-34(18-26)70(63,64)52-44(50-28)38-42(57)36-30-14-16-32(67-30)40(36)54(46(38)59)20-22-2-6-24(48)7-3-22)27-11-13-29-35(19-27)71(65,66)53-45(51-29)39-43(58)37-31-15-17-33(68-31)41(37)55(47(39)60)21-23-4-8-25(49)9-5-23/h2-13,18-19,30-33,36-41H,14-17,20-21H2,1H3,(H,50,52)(H,51,53). The zero-order valence-electron chi connectivity index (χ0n) is 37.2. The lowest BCUT2D eigenvalue weighted by atomic mass is 9.73. The molecule has 19 nitrogen and oxygen atoms in total. The number of piperidine rings is 2. The maximum Gasteiger partial charge on any atom is 0.286 e. The molecule has 0 aliphatic carbocycles. The second-order valence-electron chi connectivity index (χ2n) is 19.0. The number of hydrogen-bond acceptors (Lipinski definition) is 14. The van der Waals surface area contributed by atoms with Crippen LogP contribution in [0.15, 0.2) is 104 Å². The Labute approximate surface area is 405 Å². The summed E-state index contributed by atoms with van der Waals surface area (Å²) in [6.07, 6.45) is 1.30. The number of likely N-dealkylation sites (tertiary alicyclic amines) is 2. The molecule has 2 amide bonds. The molecule has 8 aliphatic heterocycles. The van der Waals surface area contributed by atoms with Crippen LogP contribution in [-0.2, 0) is 71.8 Å². The number of halogens is 2. The molecule has 71 heavy (non-hydrogen) atoms. The zero-order valence-corrected chi connectivity index (χ0v) is 39.7. The van der Waals surface area contributed by atoms with Gasteiger partial charge in [-0.25, -0.2) is 21.5 Å².